The summed E-state index contributed by atoms with van der Waals surface area (Å²) in [5, 5.41) is 0. The largest absolute Gasteiger partial charge is 0.329 e. The summed E-state index contributed by atoms with van der Waals surface area (Å²) >= 11 is 4.57. The number of hydrogen-bond acceptors (Lipinski definition) is 3. The van der Waals surface area contributed by atoms with E-state index in [1.807, 2.05) is 21.1 Å². The minimum Gasteiger partial charge on any atom is -0.329 e. The van der Waals surface area contributed by atoms with Crippen molar-refractivity contribution >= 4 is 20.0 Å². The third kappa shape index (κ3) is 10.3. The zero-order valence-corrected chi connectivity index (χ0v) is 9.13. The van der Waals surface area contributed by atoms with Crippen LogP contribution in [0, 0.1) is 0 Å². The summed E-state index contributed by atoms with van der Waals surface area (Å²) in [5.41, 5.74) is 0. The fraction of sp³-hybridized carbons (Fsp3) is 1.00. The summed E-state index contributed by atoms with van der Waals surface area (Å²) in [4.78, 5) is 0. The Labute approximate surface area is 73.8 Å². The van der Waals surface area contributed by atoms with Crippen molar-refractivity contribution in [2.24, 2.45) is 0 Å². The first-order chi connectivity index (χ1) is 4.71. The highest BCUT2D eigenvalue weighted by molar-refractivity contribution is 8.29. The van der Waals surface area contributed by atoms with Gasteiger partial charge in [0.2, 0.25) is 0 Å². The highest BCUT2D eigenvalue weighted by atomic mass is 32.8. The van der Waals surface area contributed by atoms with Crippen molar-refractivity contribution in [3.8, 4) is 0 Å². The Bertz CT molecular complexity index is 203. The molecule has 3 nitrogen and oxygen atoms in total. The molecule has 0 heterocycles. The van der Waals surface area contributed by atoms with Crippen molar-refractivity contribution in [1.82, 2.24) is 0 Å². The minimum atomic E-state index is -2.42. The minimum absolute atomic E-state index is 0.461. The van der Waals surface area contributed by atoms with E-state index in [0.717, 1.165) is 11.0 Å². The third-order valence-electron chi connectivity index (χ3n) is 1.06. The first-order valence-corrected chi connectivity index (χ1v) is 6.17. The molecule has 0 rings (SSSR count). The summed E-state index contributed by atoms with van der Waals surface area (Å²) < 4.78 is 16.6. The van der Waals surface area contributed by atoms with E-state index in [2.05, 4.69) is 11.2 Å². The quantitative estimate of drug-likeness (QED) is 0.595. The molecule has 11 heavy (non-hydrogen) atoms. The smallest absolute Gasteiger partial charge is 0.141 e. The van der Waals surface area contributed by atoms with Gasteiger partial charge in [0.1, 0.15) is 21.9 Å². The molecule has 0 aliphatic heterocycles. The lowest BCUT2D eigenvalue weighted by Crippen LogP contribution is -2.37. The van der Waals surface area contributed by atoms with Gasteiger partial charge in [-0.2, -0.15) is 0 Å². The van der Waals surface area contributed by atoms with Gasteiger partial charge in [0.05, 0.1) is 21.1 Å². The average molecular weight is 198 g/mol. The molecule has 0 saturated carbocycles. The van der Waals surface area contributed by atoms with Gasteiger partial charge in [0.15, 0.2) is 0 Å². The van der Waals surface area contributed by atoms with Gasteiger partial charge in [0.25, 0.3) is 0 Å². The molecule has 68 valence electrons. The Balaban J connectivity index is 3.61. The summed E-state index contributed by atoms with van der Waals surface area (Å²) in [5.74, 6) is 0. The number of rotatable bonds is 4. The lowest BCUT2D eigenvalue weighted by Gasteiger charge is -2.23. The Morgan fingerprint density at radius 2 is 1.91 bits per heavy atom. The standard InChI is InChI=1S/C6H16NO2S2/c1-7(2,3)5-6-9-11(4,8)10/h5-6H2,1-4H3/q+1. The van der Waals surface area contributed by atoms with Gasteiger partial charge in [0, 0.05) is 17.4 Å². The second kappa shape index (κ2) is 3.80. The van der Waals surface area contributed by atoms with Crippen molar-refractivity contribution < 1.29 is 12.9 Å². The maximum Gasteiger partial charge on any atom is 0.141 e. The molecule has 0 fully saturated rings. The van der Waals surface area contributed by atoms with Gasteiger partial charge in [-0.1, -0.05) is 0 Å². The molecule has 0 N–H and O–H groups in total. The molecular weight excluding hydrogens is 182 g/mol. The third-order valence-corrected chi connectivity index (χ3v) is 1.94. The average Bonchev–Trinajstić information content (AvgIpc) is 1.55. The number of hydrogen-bond donors (Lipinski definition) is 0. The Morgan fingerprint density at radius 3 is 2.18 bits per heavy atom. The molecule has 0 aromatic carbocycles. The fourth-order valence-corrected chi connectivity index (χ4v) is 1.04. The Hall–Kier alpha value is 0.290. The summed E-state index contributed by atoms with van der Waals surface area (Å²) in [7, 11) is 3.71. The zero-order valence-electron chi connectivity index (χ0n) is 7.49. The molecule has 0 aromatic rings. The van der Waals surface area contributed by atoms with E-state index >= 15 is 0 Å². The predicted octanol–water partition coefficient (Wildman–Crippen LogP) is 0.000300. The van der Waals surface area contributed by atoms with E-state index < -0.39 is 8.77 Å². The van der Waals surface area contributed by atoms with Crippen LogP contribution in [0.25, 0.3) is 0 Å². The lowest BCUT2D eigenvalue weighted by atomic mass is 10.5. The van der Waals surface area contributed by atoms with Crippen molar-refractivity contribution in [1.29, 1.82) is 0 Å². The van der Waals surface area contributed by atoms with Gasteiger partial charge in [-0.25, -0.2) is 4.21 Å². The van der Waals surface area contributed by atoms with Gasteiger partial charge in [-0.15, -0.1) is 0 Å². The molecule has 0 saturated heterocycles. The molecule has 5 heteroatoms. The molecule has 0 spiro atoms. The van der Waals surface area contributed by atoms with Crippen LogP contribution < -0.4 is 0 Å². The fourth-order valence-electron chi connectivity index (χ4n) is 0.463. The van der Waals surface area contributed by atoms with Crippen LogP contribution in [0.2, 0.25) is 0 Å². The highest BCUT2D eigenvalue weighted by Gasteiger charge is 2.07. The second-order valence-electron chi connectivity index (χ2n) is 3.54. The van der Waals surface area contributed by atoms with Gasteiger partial charge < -0.3 is 4.48 Å². The Kier molecular flexibility index (Phi) is 3.90. The second-order valence-corrected chi connectivity index (χ2v) is 7.00. The number of nitrogens with zero attached hydrogens (tertiary/aromatic N) is 1. The molecule has 0 bridgehead atoms. The number of likely N-dealkylation sites (N-methyl/N-ethyl adjacent to an activating group) is 1. The van der Waals surface area contributed by atoms with Crippen LogP contribution in [-0.2, 0) is 24.1 Å². The molecule has 0 aromatic heterocycles. The summed E-state index contributed by atoms with van der Waals surface area (Å²) in [6.07, 6.45) is 1.43. The van der Waals surface area contributed by atoms with Crippen LogP contribution in [0.5, 0.6) is 0 Å². The maximum absolute atomic E-state index is 10.9. The summed E-state index contributed by atoms with van der Waals surface area (Å²) in [6.45, 7) is 1.28. The number of quaternary nitrogens is 1. The topological polar surface area (TPSA) is 26.3 Å². The van der Waals surface area contributed by atoms with E-state index in [1.165, 1.54) is 6.26 Å². The molecule has 1 unspecified atom stereocenters. The van der Waals surface area contributed by atoms with E-state index in [9.17, 15) is 4.21 Å². The van der Waals surface area contributed by atoms with Crippen LogP contribution in [0.15, 0.2) is 0 Å². The predicted molar refractivity (Wildman–Crippen MR) is 50.3 cm³/mol. The normalized spacial score (nSPS) is 17.8. The van der Waals surface area contributed by atoms with Crippen LogP contribution in [-0.4, -0.2) is 49.2 Å². The SMILES string of the molecule is C[N+](C)(C)CCOS(C)(=O)=S. The van der Waals surface area contributed by atoms with Crippen molar-refractivity contribution in [2.45, 2.75) is 0 Å². The molecule has 0 amide bonds. The molecule has 0 aliphatic carbocycles. The Morgan fingerprint density at radius 1 is 1.45 bits per heavy atom. The molecule has 0 radical (unpaired) electrons. The van der Waals surface area contributed by atoms with Crippen molar-refractivity contribution in [3.63, 3.8) is 0 Å². The van der Waals surface area contributed by atoms with Crippen LogP contribution in [0.1, 0.15) is 0 Å². The van der Waals surface area contributed by atoms with Crippen molar-refractivity contribution in [3.05, 3.63) is 0 Å². The monoisotopic (exact) mass is 198 g/mol. The highest BCUT2D eigenvalue weighted by Crippen LogP contribution is 1.92. The van der Waals surface area contributed by atoms with Gasteiger partial charge in [-0.3, -0.25) is 4.18 Å². The van der Waals surface area contributed by atoms with Crippen LogP contribution in [0.4, 0.5) is 0 Å². The van der Waals surface area contributed by atoms with E-state index in [0.29, 0.717) is 6.61 Å². The van der Waals surface area contributed by atoms with Crippen LogP contribution >= 0.6 is 0 Å². The van der Waals surface area contributed by atoms with Crippen molar-refractivity contribution in [2.75, 3.05) is 40.6 Å². The van der Waals surface area contributed by atoms with E-state index in [-0.39, 0.29) is 0 Å². The molecule has 1 atom stereocenters. The first kappa shape index (κ1) is 11.3. The summed E-state index contributed by atoms with van der Waals surface area (Å²) in [6, 6.07) is 0. The van der Waals surface area contributed by atoms with Crippen LogP contribution in [0.3, 0.4) is 0 Å². The first-order valence-electron chi connectivity index (χ1n) is 3.35. The van der Waals surface area contributed by atoms with E-state index in [1.54, 1.807) is 0 Å². The zero-order chi connectivity index (χ0) is 9.12. The van der Waals surface area contributed by atoms with Gasteiger partial charge >= 0.3 is 0 Å². The maximum atomic E-state index is 10.9. The molecular formula is C6H16NO2S2+. The lowest BCUT2D eigenvalue weighted by molar-refractivity contribution is -0.870. The molecule has 0 aliphatic rings. The van der Waals surface area contributed by atoms with Gasteiger partial charge in [-0.05, 0) is 0 Å². The van der Waals surface area contributed by atoms with E-state index in [4.69, 9.17) is 4.18 Å².